The lowest BCUT2D eigenvalue weighted by atomic mass is 9.99. The number of nitrogens with zero attached hydrogens (tertiary/aromatic N) is 2. The molecule has 3 rings (SSSR count). The largest absolute Gasteiger partial charge is 0.465 e. The van der Waals surface area contributed by atoms with E-state index in [1.165, 1.54) is 29.2 Å². The van der Waals surface area contributed by atoms with Crippen molar-refractivity contribution in [3.8, 4) is 0 Å². The highest BCUT2D eigenvalue weighted by molar-refractivity contribution is 6.10. The van der Waals surface area contributed by atoms with Gasteiger partial charge in [0, 0.05) is 12.1 Å². The summed E-state index contributed by atoms with van der Waals surface area (Å²) >= 11 is 0. The van der Waals surface area contributed by atoms with Crippen LogP contribution in [0.3, 0.4) is 0 Å². The number of carbonyl (C=O) groups excluding carboxylic acids is 1. The van der Waals surface area contributed by atoms with Gasteiger partial charge in [-0.15, -0.1) is 0 Å². The van der Waals surface area contributed by atoms with E-state index in [0.29, 0.717) is 23.4 Å². The second-order valence-corrected chi connectivity index (χ2v) is 6.56. The molecule has 2 aromatic rings. The van der Waals surface area contributed by atoms with Crippen LogP contribution in [0.2, 0.25) is 0 Å². The van der Waals surface area contributed by atoms with E-state index < -0.39 is 11.9 Å². The first kappa shape index (κ1) is 17.9. The Morgan fingerprint density at radius 3 is 2.23 bits per heavy atom. The van der Waals surface area contributed by atoms with Crippen molar-refractivity contribution in [2.24, 2.45) is 0 Å². The standard InChI is InChI=1S/C20H21FN2O3/c1-4-16-11-22(19(24)14-5-7-15(21)8-6-14)17-9-12(2)13(3)10-18(17)23(16)20(25)26/h5-10,16H,4,11H2,1-3H3,(H,25,26). The monoisotopic (exact) mass is 356 g/mol. The third-order valence-electron chi connectivity index (χ3n) is 4.91. The average molecular weight is 356 g/mol. The summed E-state index contributed by atoms with van der Waals surface area (Å²) in [5.74, 6) is -0.673. The number of halogens is 1. The Hall–Kier alpha value is -2.89. The molecule has 0 aromatic heterocycles. The van der Waals surface area contributed by atoms with Crippen molar-refractivity contribution in [1.29, 1.82) is 0 Å². The van der Waals surface area contributed by atoms with Gasteiger partial charge in [0.25, 0.3) is 5.91 Å². The molecule has 0 bridgehead atoms. The van der Waals surface area contributed by atoms with Gasteiger partial charge in [-0.2, -0.15) is 0 Å². The highest BCUT2D eigenvalue weighted by Crippen LogP contribution is 2.39. The van der Waals surface area contributed by atoms with Gasteiger partial charge in [0.15, 0.2) is 0 Å². The molecular weight excluding hydrogens is 335 g/mol. The number of carboxylic acid groups (broad SMARTS) is 1. The average Bonchev–Trinajstić information content (AvgIpc) is 2.61. The van der Waals surface area contributed by atoms with Gasteiger partial charge in [-0.25, -0.2) is 9.18 Å². The summed E-state index contributed by atoms with van der Waals surface area (Å²) < 4.78 is 13.2. The van der Waals surface area contributed by atoms with Crippen molar-refractivity contribution in [1.82, 2.24) is 0 Å². The van der Waals surface area contributed by atoms with E-state index in [1.54, 1.807) is 4.90 Å². The van der Waals surface area contributed by atoms with Gasteiger partial charge < -0.3 is 10.0 Å². The number of benzene rings is 2. The smallest absolute Gasteiger partial charge is 0.412 e. The van der Waals surface area contributed by atoms with Gasteiger partial charge in [0.2, 0.25) is 0 Å². The molecule has 0 saturated carbocycles. The van der Waals surface area contributed by atoms with Crippen molar-refractivity contribution < 1.29 is 19.1 Å². The van der Waals surface area contributed by atoms with E-state index in [-0.39, 0.29) is 18.5 Å². The number of amides is 2. The van der Waals surface area contributed by atoms with E-state index in [4.69, 9.17) is 0 Å². The Balaban J connectivity index is 2.13. The zero-order chi connectivity index (χ0) is 19.0. The maximum absolute atomic E-state index is 13.2. The molecule has 1 atom stereocenters. The van der Waals surface area contributed by atoms with Crippen molar-refractivity contribution in [2.45, 2.75) is 33.2 Å². The number of hydrogen-bond donors (Lipinski definition) is 1. The lowest BCUT2D eigenvalue weighted by molar-refractivity contribution is 0.0982. The Morgan fingerprint density at radius 2 is 1.69 bits per heavy atom. The fourth-order valence-electron chi connectivity index (χ4n) is 3.29. The van der Waals surface area contributed by atoms with Crippen LogP contribution in [0.25, 0.3) is 0 Å². The zero-order valence-electron chi connectivity index (χ0n) is 15.0. The van der Waals surface area contributed by atoms with E-state index >= 15 is 0 Å². The lowest BCUT2D eigenvalue weighted by Crippen LogP contribution is -2.52. The van der Waals surface area contributed by atoms with Crippen LogP contribution in [0.5, 0.6) is 0 Å². The normalized spacial score (nSPS) is 16.4. The summed E-state index contributed by atoms with van der Waals surface area (Å²) in [6.45, 7) is 5.99. The molecule has 0 saturated heterocycles. The van der Waals surface area contributed by atoms with Crippen molar-refractivity contribution >= 4 is 23.4 Å². The van der Waals surface area contributed by atoms with Gasteiger partial charge in [0.1, 0.15) is 5.82 Å². The van der Waals surface area contributed by atoms with Gasteiger partial charge in [-0.05, 0) is 67.8 Å². The molecule has 1 aliphatic rings. The number of hydrogen-bond acceptors (Lipinski definition) is 2. The fourth-order valence-corrected chi connectivity index (χ4v) is 3.29. The number of carbonyl (C=O) groups is 2. The minimum atomic E-state index is -1.03. The number of anilines is 2. The Kier molecular flexibility index (Phi) is 4.68. The highest BCUT2D eigenvalue weighted by Gasteiger charge is 2.36. The molecule has 0 spiro atoms. The third-order valence-corrected chi connectivity index (χ3v) is 4.91. The van der Waals surface area contributed by atoms with E-state index in [0.717, 1.165) is 11.1 Å². The van der Waals surface area contributed by atoms with Crippen LogP contribution in [0.15, 0.2) is 36.4 Å². The minimum Gasteiger partial charge on any atom is -0.465 e. The third kappa shape index (κ3) is 3.03. The maximum Gasteiger partial charge on any atom is 0.412 e. The molecule has 2 amide bonds. The number of aryl methyl sites for hydroxylation is 2. The maximum atomic E-state index is 13.2. The molecule has 0 fully saturated rings. The predicted molar refractivity (Wildman–Crippen MR) is 98.6 cm³/mol. The van der Waals surface area contributed by atoms with Crippen LogP contribution in [0.1, 0.15) is 34.8 Å². The molecule has 1 unspecified atom stereocenters. The van der Waals surface area contributed by atoms with Gasteiger partial charge in [-0.1, -0.05) is 6.92 Å². The Morgan fingerprint density at radius 1 is 1.12 bits per heavy atom. The van der Waals surface area contributed by atoms with Crippen LogP contribution in [-0.2, 0) is 0 Å². The molecule has 136 valence electrons. The molecule has 5 nitrogen and oxygen atoms in total. The van der Waals surface area contributed by atoms with Crippen LogP contribution in [-0.4, -0.2) is 29.7 Å². The number of rotatable bonds is 2. The molecule has 6 heteroatoms. The molecular formula is C20H21FN2O3. The van der Waals surface area contributed by atoms with E-state index in [2.05, 4.69) is 0 Å². The Labute approximate surface area is 151 Å². The van der Waals surface area contributed by atoms with Crippen molar-refractivity contribution in [2.75, 3.05) is 16.3 Å². The van der Waals surface area contributed by atoms with Crippen LogP contribution in [0, 0.1) is 19.7 Å². The SMILES string of the molecule is CCC1CN(C(=O)c2ccc(F)cc2)c2cc(C)c(C)cc2N1C(=O)O. The fraction of sp³-hybridized carbons (Fsp3) is 0.300. The highest BCUT2D eigenvalue weighted by atomic mass is 19.1. The van der Waals surface area contributed by atoms with Crippen LogP contribution < -0.4 is 9.80 Å². The molecule has 1 heterocycles. The summed E-state index contributed by atoms with van der Waals surface area (Å²) in [6.07, 6.45) is -0.457. The quantitative estimate of drug-likeness (QED) is 0.869. The Bertz CT molecular complexity index is 864. The summed E-state index contributed by atoms with van der Waals surface area (Å²) in [4.78, 5) is 27.8. The van der Waals surface area contributed by atoms with Gasteiger partial charge in [0.05, 0.1) is 17.4 Å². The summed E-state index contributed by atoms with van der Waals surface area (Å²) in [5, 5.41) is 9.70. The second kappa shape index (κ2) is 6.78. The molecule has 1 N–H and O–H groups in total. The molecule has 0 aliphatic carbocycles. The summed E-state index contributed by atoms with van der Waals surface area (Å²) in [7, 11) is 0. The van der Waals surface area contributed by atoms with E-state index in [9.17, 15) is 19.1 Å². The second-order valence-electron chi connectivity index (χ2n) is 6.56. The minimum absolute atomic E-state index is 0.258. The topological polar surface area (TPSA) is 60.9 Å². The molecule has 2 aromatic carbocycles. The van der Waals surface area contributed by atoms with Crippen LogP contribution in [0.4, 0.5) is 20.6 Å². The van der Waals surface area contributed by atoms with Crippen LogP contribution >= 0.6 is 0 Å². The van der Waals surface area contributed by atoms with Crippen molar-refractivity contribution in [3.63, 3.8) is 0 Å². The summed E-state index contributed by atoms with van der Waals surface area (Å²) in [6, 6.07) is 8.70. The van der Waals surface area contributed by atoms with Gasteiger partial charge >= 0.3 is 6.09 Å². The first-order valence-electron chi connectivity index (χ1n) is 8.54. The van der Waals surface area contributed by atoms with Crippen molar-refractivity contribution in [3.05, 3.63) is 58.9 Å². The molecule has 1 aliphatic heterocycles. The number of fused-ring (bicyclic) bond motifs is 1. The summed E-state index contributed by atoms with van der Waals surface area (Å²) in [5.41, 5.74) is 3.37. The van der Waals surface area contributed by atoms with Gasteiger partial charge in [-0.3, -0.25) is 9.69 Å². The first-order chi connectivity index (χ1) is 12.3. The molecule has 0 radical (unpaired) electrons. The first-order valence-corrected chi connectivity index (χ1v) is 8.54. The lowest BCUT2D eigenvalue weighted by Gasteiger charge is -2.41. The van der Waals surface area contributed by atoms with E-state index in [1.807, 2.05) is 32.9 Å². The predicted octanol–water partition coefficient (Wildman–Crippen LogP) is 4.37. The zero-order valence-corrected chi connectivity index (χ0v) is 15.0. The molecule has 26 heavy (non-hydrogen) atoms.